The van der Waals surface area contributed by atoms with Gasteiger partial charge in [0.2, 0.25) is 5.91 Å². The number of hydrogen-bond donors (Lipinski definition) is 2. The number of rotatable bonds is 4. The van der Waals surface area contributed by atoms with E-state index < -0.39 is 0 Å². The first-order chi connectivity index (χ1) is 15.3. The van der Waals surface area contributed by atoms with Gasteiger partial charge < -0.3 is 10.4 Å². The number of thiazole rings is 1. The number of halogens is 1. The summed E-state index contributed by atoms with van der Waals surface area (Å²) < 4.78 is 0. The number of phenols is 1. The van der Waals surface area contributed by atoms with Crippen LogP contribution < -0.4 is 5.32 Å². The minimum absolute atomic E-state index is 0.0241. The molecule has 2 saturated carbocycles. The number of ketones is 1. The Labute approximate surface area is 197 Å². The summed E-state index contributed by atoms with van der Waals surface area (Å²) >= 11 is 7.91. The molecule has 1 heterocycles. The molecule has 0 bridgehead atoms. The molecule has 5 rings (SSSR count). The molecule has 32 heavy (non-hydrogen) atoms. The summed E-state index contributed by atoms with van der Waals surface area (Å²) in [7, 11) is 0. The van der Waals surface area contributed by atoms with Gasteiger partial charge in [-0.2, -0.15) is 0 Å². The Morgan fingerprint density at radius 1 is 1.38 bits per heavy atom. The number of aryl methyl sites for hydroxylation is 1. The first-order valence-corrected chi connectivity index (χ1v) is 12.7. The van der Waals surface area contributed by atoms with Crippen LogP contribution in [0.15, 0.2) is 18.3 Å². The van der Waals surface area contributed by atoms with Gasteiger partial charge in [0.05, 0.1) is 5.02 Å². The summed E-state index contributed by atoms with van der Waals surface area (Å²) in [5.41, 5.74) is 2.05. The van der Waals surface area contributed by atoms with Gasteiger partial charge in [0.25, 0.3) is 0 Å². The van der Waals surface area contributed by atoms with Crippen LogP contribution in [-0.2, 0) is 16.0 Å². The van der Waals surface area contributed by atoms with Gasteiger partial charge in [0.15, 0.2) is 5.13 Å². The van der Waals surface area contributed by atoms with E-state index in [0.717, 1.165) is 42.5 Å². The van der Waals surface area contributed by atoms with Crippen molar-refractivity contribution in [3.63, 3.8) is 0 Å². The first-order valence-electron chi connectivity index (χ1n) is 11.5. The van der Waals surface area contributed by atoms with E-state index in [1.807, 2.05) is 13.0 Å². The topological polar surface area (TPSA) is 79.3 Å². The van der Waals surface area contributed by atoms with E-state index in [4.69, 9.17) is 11.6 Å². The number of carbonyl (C=O) groups is 2. The first kappa shape index (κ1) is 21.9. The Bertz CT molecular complexity index is 1080. The molecule has 2 aromatic rings. The number of benzene rings is 1. The van der Waals surface area contributed by atoms with Crippen LogP contribution in [0.5, 0.6) is 5.75 Å². The summed E-state index contributed by atoms with van der Waals surface area (Å²) in [5, 5.41) is 14.1. The normalized spacial score (nSPS) is 31.0. The third-order valence-corrected chi connectivity index (χ3v) is 9.53. The van der Waals surface area contributed by atoms with E-state index in [2.05, 4.69) is 17.2 Å². The maximum atomic E-state index is 13.1. The number of carbonyl (C=O) groups excluding carboxylic acids is 2. The highest BCUT2D eigenvalue weighted by molar-refractivity contribution is 7.15. The Morgan fingerprint density at radius 3 is 2.94 bits per heavy atom. The highest BCUT2D eigenvalue weighted by Gasteiger charge is 2.58. The molecule has 1 amide bonds. The molecule has 2 fully saturated rings. The standard InChI is InChI=1S/C25H29ClN2O3S/c1-13-12-27-24(32-13)28-21(31)8-3-14-11-20(30)25(2)10-9-16-15-6-7-19(29)23(26)18(15)5-4-17(16)22(14)25/h6-7,12,14,16-17,22,29H,3-5,8-11H2,1-2H3,(H,27,28,31). The largest absolute Gasteiger partial charge is 0.506 e. The molecule has 2 N–H and O–H groups in total. The van der Waals surface area contributed by atoms with Crippen molar-refractivity contribution in [2.75, 3.05) is 5.32 Å². The van der Waals surface area contributed by atoms with Crippen molar-refractivity contribution in [2.24, 2.45) is 23.2 Å². The number of Topliss-reactive ketones (excluding diaryl/α,β-unsaturated/α-hetero) is 1. The van der Waals surface area contributed by atoms with Gasteiger partial charge in [0.1, 0.15) is 11.5 Å². The minimum atomic E-state index is -0.285. The molecular formula is C25H29ClN2O3S. The van der Waals surface area contributed by atoms with Gasteiger partial charge >= 0.3 is 0 Å². The quantitative estimate of drug-likeness (QED) is 0.582. The zero-order valence-electron chi connectivity index (χ0n) is 18.5. The van der Waals surface area contributed by atoms with Crippen molar-refractivity contribution in [1.29, 1.82) is 0 Å². The maximum Gasteiger partial charge on any atom is 0.226 e. The number of amides is 1. The SMILES string of the molecule is Cc1cnc(NC(=O)CCC2CC(=O)C3(C)CCC4c5ccc(O)c(Cl)c5CCC4C23)s1. The number of hydrogen-bond acceptors (Lipinski definition) is 5. The molecule has 0 radical (unpaired) electrons. The summed E-state index contributed by atoms with van der Waals surface area (Å²) in [6, 6.07) is 3.74. The summed E-state index contributed by atoms with van der Waals surface area (Å²) in [6.07, 6.45) is 7.17. The van der Waals surface area contributed by atoms with E-state index >= 15 is 0 Å². The molecule has 5 nitrogen and oxygen atoms in total. The molecule has 1 aromatic heterocycles. The molecule has 5 atom stereocenters. The van der Waals surface area contributed by atoms with E-state index in [9.17, 15) is 14.7 Å². The maximum absolute atomic E-state index is 13.1. The van der Waals surface area contributed by atoms with Crippen LogP contribution in [-0.4, -0.2) is 21.8 Å². The zero-order chi connectivity index (χ0) is 22.6. The van der Waals surface area contributed by atoms with E-state index in [0.29, 0.717) is 46.5 Å². The molecule has 3 aliphatic carbocycles. The fraction of sp³-hybridized carbons (Fsp3) is 0.560. The fourth-order valence-electron chi connectivity index (χ4n) is 6.85. The van der Waals surface area contributed by atoms with Crippen molar-refractivity contribution >= 4 is 39.8 Å². The Morgan fingerprint density at radius 2 is 2.19 bits per heavy atom. The number of nitrogens with one attached hydrogen (secondary N) is 1. The number of anilines is 1. The summed E-state index contributed by atoms with van der Waals surface area (Å²) in [6.45, 7) is 4.13. The third-order valence-electron chi connectivity index (χ3n) is 8.28. The predicted molar refractivity (Wildman–Crippen MR) is 126 cm³/mol. The predicted octanol–water partition coefficient (Wildman–Crippen LogP) is 5.88. The van der Waals surface area contributed by atoms with Gasteiger partial charge in [0, 0.05) is 29.3 Å². The van der Waals surface area contributed by atoms with Crippen LogP contribution in [0.2, 0.25) is 5.02 Å². The van der Waals surface area contributed by atoms with Crippen molar-refractivity contribution in [3.8, 4) is 5.75 Å². The number of nitrogens with zero attached hydrogens (tertiary/aromatic N) is 1. The van der Waals surface area contributed by atoms with Crippen molar-refractivity contribution < 1.29 is 14.7 Å². The van der Waals surface area contributed by atoms with Crippen LogP contribution >= 0.6 is 22.9 Å². The molecule has 3 aliphatic rings. The van der Waals surface area contributed by atoms with Crippen molar-refractivity contribution in [2.45, 2.75) is 64.7 Å². The van der Waals surface area contributed by atoms with Crippen LogP contribution in [0.4, 0.5) is 5.13 Å². The van der Waals surface area contributed by atoms with Crippen LogP contribution in [0.25, 0.3) is 0 Å². The molecule has 170 valence electrons. The molecule has 0 spiro atoms. The summed E-state index contributed by atoms with van der Waals surface area (Å²) in [5.74, 6) is 1.82. The van der Waals surface area contributed by atoms with Crippen molar-refractivity contribution in [3.05, 3.63) is 39.4 Å². The van der Waals surface area contributed by atoms with E-state index in [1.54, 1.807) is 12.3 Å². The second-order valence-electron chi connectivity index (χ2n) is 10.0. The molecule has 0 saturated heterocycles. The average molecular weight is 473 g/mol. The van der Waals surface area contributed by atoms with Gasteiger partial charge in [-0.25, -0.2) is 4.98 Å². The number of phenolic OH excluding ortho intramolecular Hbond substituents is 1. The van der Waals surface area contributed by atoms with E-state index in [1.165, 1.54) is 16.9 Å². The van der Waals surface area contributed by atoms with Crippen LogP contribution in [0, 0.1) is 30.1 Å². The zero-order valence-corrected chi connectivity index (χ0v) is 20.1. The second kappa shape index (κ2) is 8.14. The Balaban J connectivity index is 1.35. The minimum Gasteiger partial charge on any atom is -0.506 e. The lowest BCUT2D eigenvalue weighted by Crippen LogP contribution is -2.44. The third kappa shape index (κ3) is 3.56. The number of fused-ring (bicyclic) bond motifs is 5. The second-order valence-corrected chi connectivity index (χ2v) is 11.6. The van der Waals surface area contributed by atoms with Crippen LogP contribution in [0.1, 0.15) is 67.4 Å². The summed E-state index contributed by atoms with van der Waals surface area (Å²) in [4.78, 5) is 31.0. The number of aromatic nitrogens is 1. The van der Waals surface area contributed by atoms with E-state index in [-0.39, 0.29) is 23.0 Å². The molecule has 0 aliphatic heterocycles. The lowest BCUT2D eigenvalue weighted by atomic mass is 9.54. The van der Waals surface area contributed by atoms with Crippen LogP contribution in [0.3, 0.4) is 0 Å². The Kier molecular flexibility index (Phi) is 5.57. The van der Waals surface area contributed by atoms with Gasteiger partial charge in [-0.3, -0.25) is 9.59 Å². The molecule has 7 heteroatoms. The lowest BCUT2D eigenvalue weighted by molar-refractivity contribution is -0.129. The average Bonchev–Trinajstić information content (AvgIpc) is 3.28. The highest BCUT2D eigenvalue weighted by atomic mass is 35.5. The molecule has 5 unspecified atom stereocenters. The highest BCUT2D eigenvalue weighted by Crippen LogP contribution is 2.62. The lowest BCUT2D eigenvalue weighted by Gasteiger charge is -2.50. The van der Waals surface area contributed by atoms with Crippen molar-refractivity contribution in [1.82, 2.24) is 4.98 Å². The fourth-order valence-corrected chi connectivity index (χ4v) is 7.80. The Hall–Kier alpha value is -1.92. The van der Waals surface area contributed by atoms with Gasteiger partial charge in [-0.05, 0) is 79.9 Å². The van der Waals surface area contributed by atoms with Gasteiger partial charge in [-0.15, -0.1) is 11.3 Å². The smallest absolute Gasteiger partial charge is 0.226 e. The monoisotopic (exact) mass is 472 g/mol. The molecule has 1 aromatic carbocycles. The number of aromatic hydroxyl groups is 1. The van der Waals surface area contributed by atoms with Gasteiger partial charge in [-0.1, -0.05) is 24.6 Å². The molecular weight excluding hydrogens is 444 g/mol.